The second-order valence-corrected chi connectivity index (χ2v) is 6.23. The predicted octanol–water partition coefficient (Wildman–Crippen LogP) is 5.02. The quantitative estimate of drug-likeness (QED) is 0.534. The van der Waals surface area contributed by atoms with Crippen LogP contribution in [0.15, 0.2) is 47.1 Å². The van der Waals surface area contributed by atoms with Crippen LogP contribution in [0.4, 0.5) is 11.4 Å². The Balaban J connectivity index is 0.00000210. The number of anilines is 2. The third kappa shape index (κ3) is 3.75. The van der Waals surface area contributed by atoms with E-state index in [4.69, 9.17) is 4.52 Å². The maximum atomic E-state index is 5.45. The minimum Gasteiger partial charge on any atom is -0.354 e. The smallest absolute Gasteiger partial charge is 0.261 e. The minimum absolute atomic E-state index is 0. The molecule has 0 aliphatic heterocycles. The van der Waals surface area contributed by atoms with Gasteiger partial charge in [-0.1, -0.05) is 29.8 Å². The molecule has 1 aromatic carbocycles. The van der Waals surface area contributed by atoms with Crippen LogP contribution in [0.5, 0.6) is 0 Å². The molecule has 6 nitrogen and oxygen atoms in total. The Morgan fingerprint density at radius 1 is 1.00 bits per heavy atom. The van der Waals surface area contributed by atoms with Crippen LogP contribution >= 0.6 is 12.4 Å². The van der Waals surface area contributed by atoms with Crippen molar-refractivity contribution in [2.75, 3.05) is 5.32 Å². The van der Waals surface area contributed by atoms with Crippen LogP contribution in [0.1, 0.15) is 24.0 Å². The van der Waals surface area contributed by atoms with Gasteiger partial charge in [0.05, 0.1) is 11.3 Å². The summed E-state index contributed by atoms with van der Waals surface area (Å²) in [5.74, 6) is 1.12. The Morgan fingerprint density at radius 3 is 2.48 bits per heavy atom. The number of nitrogens with zero attached hydrogens (tertiary/aromatic N) is 4. The summed E-state index contributed by atoms with van der Waals surface area (Å²) in [7, 11) is 0. The molecule has 0 unspecified atom stereocenters. The van der Waals surface area contributed by atoms with E-state index < -0.39 is 0 Å². The second kappa shape index (κ2) is 7.72. The number of pyridine rings is 2. The SMILES string of the molecule is CCc1noc(-c2cnc3nc(C)ccc3c2Nc2ccc(C)cc2)n1.Cl. The maximum Gasteiger partial charge on any atom is 0.261 e. The van der Waals surface area contributed by atoms with Crippen molar-refractivity contribution in [2.45, 2.75) is 27.2 Å². The lowest BCUT2D eigenvalue weighted by molar-refractivity contribution is 0.423. The van der Waals surface area contributed by atoms with E-state index in [1.54, 1.807) is 6.20 Å². The largest absolute Gasteiger partial charge is 0.354 e. The average molecular weight is 382 g/mol. The molecule has 138 valence electrons. The molecule has 1 N–H and O–H groups in total. The molecular formula is C20H20ClN5O. The summed E-state index contributed by atoms with van der Waals surface area (Å²) in [4.78, 5) is 13.5. The van der Waals surface area contributed by atoms with E-state index in [1.807, 2.05) is 38.1 Å². The van der Waals surface area contributed by atoms with Crippen LogP contribution in [-0.2, 0) is 6.42 Å². The molecule has 0 bridgehead atoms. The lowest BCUT2D eigenvalue weighted by atomic mass is 10.1. The number of rotatable bonds is 4. The Kier molecular flexibility index (Phi) is 5.37. The zero-order chi connectivity index (χ0) is 18.1. The number of aryl methyl sites for hydroxylation is 3. The second-order valence-electron chi connectivity index (χ2n) is 6.23. The molecule has 4 aromatic rings. The molecule has 7 heteroatoms. The maximum absolute atomic E-state index is 5.45. The van der Waals surface area contributed by atoms with Crippen molar-refractivity contribution in [3.8, 4) is 11.5 Å². The van der Waals surface area contributed by atoms with Crippen molar-refractivity contribution >= 4 is 34.8 Å². The van der Waals surface area contributed by atoms with Crippen LogP contribution in [0, 0.1) is 13.8 Å². The van der Waals surface area contributed by atoms with E-state index in [2.05, 4.69) is 44.5 Å². The van der Waals surface area contributed by atoms with Crippen molar-refractivity contribution in [2.24, 2.45) is 0 Å². The fourth-order valence-electron chi connectivity index (χ4n) is 2.76. The first kappa shape index (κ1) is 18.8. The van der Waals surface area contributed by atoms with E-state index >= 15 is 0 Å². The molecule has 3 heterocycles. The van der Waals surface area contributed by atoms with E-state index in [0.717, 1.165) is 28.0 Å². The monoisotopic (exact) mass is 381 g/mol. The van der Waals surface area contributed by atoms with Crippen LogP contribution in [0.3, 0.4) is 0 Å². The fraction of sp³-hybridized carbons (Fsp3) is 0.200. The Labute approximate surface area is 163 Å². The van der Waals surface area contributed by atoms with E-state index in [-0.39, 0.29) is 12.4 Å². The number of halogens is 1. The van der Waals surface area contributed by atoms with Gasteiger partial charge in [-0.05, 0) is 38.1 Å². The zero-order valence-corrected chi connectivity index (χ0v) is 16.2. The molecule has 0 radical (unpaired) electrons. The molecule has 0 saturated heterocycles. The molecule has 3 aromatic heterocycles. The highest BCUT2D eigenvalue weighted by molar-refractivity contribution is 5.98. The zero-order valence-electron chi connectivity index (χ0n) is 15.4. The average Bonchev–Trinajstić information content (AvgIpc) is 3.12. The van der Waals surface area contributed by atoms with Gasteiger partial charge in [-0.3, -0.25) is 0 Å². The summed E-state index contributed by atoms with van der Waals surface area (Å²) < 4.78 is 5.45. The first-order valence-corrected chi connectivity index (χ1v) is 8.57. The Hall–Kier alpha value is -2.99. The Morgan fingerprint density at radius 2 is 1.78 bits per heavy atom. The molecule has 0 amide bonds. The van der Waals surface area contributed by atoms with Crippen LogP contribution in [-0.4, -0.2) is 20.1 Å². The first-order valence-electron chi connectivity index (χ1n) is 8.57. The topological polar surface area (TPSA) is 76.7 Å². The molecule has 27 heavy (non-hydrogen) atoms. The molecule has 0 aliphatic carbocycles. The lowest BCUT2D eigenvalue weighted by Gasteiger charge is -2.13. The van der Waals surface area contributed by atoms with Gasteiger partial charge < -0.3 is 9.84 Å². The molecule has 0 atom stereocenters. The van der Waals surface area contributed by atoms with Crippen molar-refractivity contribution in [3.63, 3.8) is 0 Å². The van der Waals surface area contributed by atoms with Gasteiger partial charge in [0.1, 0.15) is 0 Å². The summed E-state index contributed by atoms with van der Waals surface area (Å²) in [6.07, 6.45) is 2.45. The highest BCUT2D eigenvalue weighted by Gasteiger charge is 2.17. The summed E-state index contributed by atoms with van der Waals surface area (Å²) >= 11 is 0. The number of hydrogen-bond donors (Lipinski definition) is 1. The van der Waals surface area contributed by atoms with Gasteiger partial charge in [-0.15, -0.1) is 12.4 Å². The molecule has 0 spiro atoms. The molecular weight excluding hydrogens is 362 g/mol. The van der Waals surface area contributed by atoms with Crippen molar-refractivity contribution < 1.29 is 4.52 Å². The fourth-order valence-corrected chi connectivity index (χ4v) is 2.76. The standard InChI is InChI=1S/C20H19N5O.ClH/c1-4-17-24-20(26-25-17)16-11-21-19-15(10-7-13(3)22-19)18(16)23-14-8-5-12(2)6-9-14;/h5-11H,4H2,1-3H3,(H,21,22,23);1H. The summed E-state index contributed by atoms with van der Waals surface area (Å²) in [6, 6.07) is 12.2. The third-order valence-corrected chi connectivity index (χ3v) is 4.20. The number of hydrogen-bond acceptors (Lipinski definition) is 6. The van der Waals surface area contributed by atoms with Crippen LogP contribution in [0.2, 0.25) is 0 Å². The van der Waals surface area contributed by atoms with Gasteiger partial charge >= 0.3 is 0 Å². The number of benzene rings is 1. The van der Waals surface area contributed by atoms with E-state index in [1.165, 1.54) is 5.56 Å². The number of aromatic nitrogens is 4. The highest BCUT2D eigenvalue weighted by atomic mass is 35.5. The molecule has 0 saturated carbocycles. The predicted molar refractivity (Wildman–Crippen MR) is 109 cm³/mol. The summed E-state index contributed by atoms with van der Waals surface area (Å²) in [6.45, 7) is 6.01. The first-order chi connectivity index (χ1) is 12.6. The number of nitrogens with one attached hydrogen (secondary N) is 1. The van der Waals surface area contributed by atoms with E-state index in [0.29, 0.717) is 23.8 Å². The van der Waals surface area contributed by atoms with Gasteiger partial charge in [0.15, 0.2) is 11.5 Å². The summed E-state index contributed by atoms with van der Waals surface area (Å²) in [5.41, 5.74) is 5.40. The Bertz CT molecular complexity index is 1080. The lowest BCUT2D eigenvalue weighted by Crippen LogP contribution is -1.98. The highest BCUT2D eigenvalue weighted by Crippen LogP contribution is 2.34. The van der Waals surface area contributed by atoms with Gasteiger partial charge in [-0.25, -0.2) is 9.97 Å². The van der Waals surface area contributed by atoms with Crippen LogP contribution in [0.25, 0.3) is 22.5 Å². The summed E-state index contributed by atoms with van der Waals surface area (Å²) in [5, 5.41) is 8.40. The van der Waals surface area contributed by atoms with Crippen molar-refractivity contribution in [1.29, 1.82) is 0 Å². The molecule has 0 fully saturated rings. The molecule has 0 aliphatic rings. The van der Waals surface area contributed by atoms with Gasteiger partial charge in [-0.2, -0.15) is 4.98 Å². The van der Waals surface area contributed by atoms with Crippen molar-refractivity contribution in [3.05, 3.63) is 59.7 Å². The van der Waals surface area contributed by atoms with E-state index in [9.17, 15) is 0 Å². The van der Waals surface area contributed by atoms with Crippen molar-refractivity contribution in [1.82, 2.24) is 20.1 Å². The number of fused-ring (bicyclic) bond motifs is 1. The molecule has 4 rings (SSSR count). The van der Waals surface area contributed by atoms with Gasteiger partial charge in [0.25, 0.3) is 5.89 Å². The van der Waals surface area contributed by atoms with Gasteiger partial charge in [0, 0.05) is 29.4 Å². The van der Waals surface area contributed by atoms with Gasteiger partial charge in [0.2, 0.25) is 0 Å². The van der Waals surface area contributed by atoms with Crippen LogP contribution < -0.4 is 5.32 Å². The normalized spacial score (nSPS) is 10.6. The minimum atomic E-state index is 0. The third-order valence-electron chi connectivity index (χ3n) is 4.20.